The van der Waals surface area contributed by atoms with Crippen LogP contribution < -0.4 is 0 Å². The maximum atomic E-state index is 5.35. The fourth-order valence-corrected chi connectivity index (χ4v) is 1.82. The third kappa shape index (κ3) is 2.44. The van der Waals surface area contributed by atoms with Crippen molar-refractivity contribution in [1.82, 2.24) is 0 Å². The predicted octanol–water partition coefficient (Wildman–Crippen LogP) is 2.80. The van der Waals surface area contributed by atoms with Gasteiger partial charge in [0.2, 0.25) is 0 Å². The Balaban J connectivity index is 2.10. The van der Waals surface area contributed by atoms with E-state index in [0.29, 0.717) is 13.2 Å². The molecule has 0 radical (unpaired) electrons. The lowest BCUT2D eigenvalue weighted by molar-refractivity contribution is -0.00327. The van der Waals surface area contributed by atoms with E-state index in [1.807, 2.05) is 36.4 Å². The lowest BCUT2D eigenvalue weighted by Crippen LogP contribution is -2.06. The first-order valence-corrected chi connectivity index (χ1v) is 5.31. The Hall–Kier alpha value is -0.640. The second kappa shape index (κ2) is 4.73. The van der Waals surface area contributed by atoms with Gasteiger partial charge in [-0.2, -0.15) is 0 Å². The highest BCUT2D eigenvalue weighted by atomic mass is 79.9. The number of hydrogen-bond acceptors (Lipinski definition) is 2. The van der Waals surface area contributed by atoms with Gasteiger partial charge in [0.25, 0.3) is 0 Å². The fourth-order valence-electron chi connectivity index (χ4n) is 1.29. The Morgan fingerprint density at radius 3 is 2.50 bits per heavy atom. The van der Waals surface area contributed by atoms with Gasteiger partial charge >= 0.3 is 0 Å². The van der Waals surface area contributed by atoms with Crippen LogP contribution in [0.2, 0.25) is 0 Å². The molecule has 0 N–H and O–H groups in total. The average Bonchev–Trinajstić information content (AvgIpc) is 2.72. The summed E-state index contributed by atoms with van der Waals surface area (Å²) in [6.07, 6.45) is 1.78. The molecule has 0 unspecified atom stereocenters. The van der Waals surface area contributed by atoms with Crippen LogP contribution in [0, 0.1) is 0 Å². The molecular weight excluding hydrogens is 244 g/mol. The van der Waals surface area contributed by atoms with Crippen LogP contribution in [0.4, 0.5) is 0 Å². The molecular formula is C11H11BrO2. The molecule has 0 bridgehead atoms. The smallest absolute Gasteiger partial charge is 0.190 e. The first kappa shape index (κ1) is 9.90. The highest BCUT2D eigenvalue weighted by molar-refractivity contribution is 9.11. The molecule has 2 nitrogen and oxygen atoms in total. The number of hydrogen-bond donors (Lipinski definition) is 0. The molecule has 3 heteroatoms. The SMILES string of the molecule is Br/C(=C\c1ccccc1)C1OCCO1. The standard InChI is InChI=1S/C11H11BrO2/c12-10(11-13-6-7-14-11)8-9-4-2-1-3-5-9/h1-5,8,11H,6-7H2/b10-8-. The predicted molar refractivity (Wildman–Crippen MR) is 59.0 cm³/mol. The van der Waals surface area contributed by atoms with E-state index in [9.17, 15) is 0 Å². The molecule has 1 aromatic rings. The van der Waals surface area contributed by atoms with Crippen LogP contribution in [-0.2, 0) is 9.47 Å². The molecule has 14 heavy (non-hydrogen) atoms. The minimum Gasteiger partial charge on any atom is -0.345 e. The summed E-state index contributed by atoms with van der Waals surface area (Å²) in [6.45, 7) is 1.34. The molecule has 1 aromatic carbocycles. The summed E-state index contributed by atoms with van der Waals surface area (Å²) in [6, 6.07) is 10.1. The van der Waals surface area contributed by atoms with Gasteiger partial charge in [0.15, 0.2) is 6.29 Å². The third-order valence-electron chi connectivity index (χ3n) is 1.95. The fraction of sp³-hybridized carbons (Fsp3) is 0.273. The quantitative estimate of drug-likeness (QED) is 0.809. The van der Waals surface area contributed by atoms with Gasteiger partial charge in [0, 0.05) is 0 Å². The average molecular weight is 255 g/mol. The minimum absolute atomic E-state index is 0.227. The zero-order valence-corrected chi connectivity index (χ0v) is 9.24. The topological polar surface area (TPSA) is 18.5 Å². The highest BCUT2D eigenvalue weighted by Crippen LogP contribution is 2.22. The minimum atomic E-state index is -0.227. The van der Waals surface area contributed by atoms with E-state index >= 15 is 0 Å². The largest absolute Gasteiger partial charge is 0.345 e. The zero-order valence-electron chi connectivity index (χ0n) is 7.65. The van der Waals surface area contributed by atoms with Gasteiger partial charge < -0.3 is 9.47 Å². The van der Waals surface area contributed by atoms with Gasteiger partial charge in [-0.3, -0.25) is 0 Å². The summed E-state index contributed by atoms with van der Waals surface area (Å²) in [5.41, 5.74) is 1.14. The molecule has 0 amide bonds. The van der Waals surface area contributed by atoms with Gasteiger partial charge in [-0.15, -0.1) is 0 Å². The number of halogens is 1. The second-order valence-electron chi connectivity index (χ2n) is 3.01. The Morgan fingerprint density at radius 1 is 1.21 bits per heavy atom. The van der Waals surface area contributed by atoms with Crippen molar-refractivity contribution in [3.05, 3.63) is 40.4 Å². The van der Waals surface area contributed by atoms with Crippen molar-refractivity contribution in [1.29, 1.82) is 0 Å². The van der Waals surface area contributed by atoms with Crippen LogP contribution in [0.5, 0.6) is 0 Å². The lowest BCUT2D eigenvalue weighted by Gasteiger charge is -2.07. The molecule has 0 atom stereocenters. The summed E-state index contributed by atoms with van der Waals surface area (Å²) < 4.78 is 11.6. The molecule has 0 spiro atoms. The molecule has 0 aromatic heterocycles. The Kier molecular flexibility index (Phi) is 3.35. The van der Waals surface area contributed by atoms with E-state index in [-0.39, 0.29) is 6.29 Å². The lowest BCUT2D eigenvalue weighted by atomic mass is 10.2. The van der Waals surface area contributed by atoms with Crippen molar-refractivity contribution in [2.45, 2.75) is 6.29 Å². The molecule has 1 aliphatic heterocycles. The number of ether oxygens (including phenoxy) is 2. The molecule has 0 saturated carbocycles. The molecule has 1 aliphatic rings. The summed E-state index contributed by atoms with van der Waals surface area (Å²) in [4.78, 5) is 0. The van der Waals surface area contributed by atoms with Crippen molar-refractivity contribution in [3.63, 3.8) is 0 Å². The summed E-state index contributed by atoms with van der Waals surface area (Å²) in [5.74, 6) is 0. The van der Waals surface area contributed by atoms with Crippen LogP contribution in [0.1, 0.15) is 5.56 Å². The van der Waals surface area contributed by atoms with Gasteiger partial charge in [-0.05, 0) is 11.6 Å². The normalized spacial score (nSPS) is 18.8. The first-order chi connectivity index (χ1) is 6.86. The van der Waals surface area contributed by atoms with Crippen molar-refractivity contribution in [2.75, 3.05) is 13.2 Å². The maximum absolute atomic E-state index is 5.35. The third-order valence-corrected chi connectivity index (χ3v) is 2.55. The molecule has 1 heterocycles. The summed E-state index contributed by atoms with van der Waals surface area (Å²) in [5, 5.41) is 0. The molecule has 0 aliphatic carbocycles. The van der Waals surface area contributed by atoms with Gasteiger partial charge in [-0.25, -0.2) is 0 Å². The summed E-state index contributed by atoms with van der Waals surface area (Å²) >= 11 is 3.45. The Labute approximate surface area is 91.7 Å². The van der Waals surface area contributed by atoms with Crippen LogP contribution in [0.25, 0.3) is 6.08 Å². The van der Waals surface area contributed by atoms with Gasteiger partial charge in [0.1, 0.15) is 0 Å². The zero-order chi connectivity index (χ0) is 9.80. The van der Waals surface area contributed by atoms with Crippen LogP contribution >= 0.6 is 15.9 Å². The number of benzene rings is 1. The van der Waals surface area contributed by atoms with E-state index in [0.717, 1.165) is 10.0 Å². The monoisotopic (exact) mass is 254 g/mol. The van der Waals surface area contributed by atoms with E-state index in [2.05, 4.69) is 15.9 Å². The van der Waals surface area contributed by atoms with E-state index < -0.39 is 0 Å². The Morgan fingerprint density at radius 2 is 1.86 bits per heavy atom. The maximum Gasteiger partial charge on any atom is 0.190 e. The number of rotatable bonds is 2. The van der Waals surface area contributed by atoms with Gasteiger partial charge in [0.05, 0.1) is 17.7 Å². The summed E-state index contributed by atoms with van der Waals surface area (Å²) in [7, 11) is 0. The van der Waals surface area contributed by atoms with Crippen molar-refractivity contribution < 1.29 is 9.47 Å². The highest BCUT2D eigenvalue weighted by Gasteiger charge is 2.18. The molecule has 74 valence electrons. The van der Waals surface area contributed by atoms with E-state index in [4.69, 9.17) is 9.47 Å². The van der Waals surface area contributed by atoms with Crippen molar-refractivity contribution >= 4 is 22.0 Å². The Bertz CT molecular complexity index is 315. The second-order valence-corrected chi connectivity index (χ2v) is 3.93. The van der Waals surface area contributed by atoms with E-state index in [1.54, 1.807) is 0 Å². The molecule has 1 saturated heterocycles. The van der Waals surface area contributed by atoms with Crippen LogP contribution in [0.3, 0.4) is 0 Å². The van der Waals surface area contributed by atoms with Crippen LogP contribution in [0.15, 0.2) is 34.8 Å². The molecule has 2 rings (SSSR count). The van der Waals surface area contributed by atoms with Crippen molar-refractivity contribution in [2.24, 2.45) is 0 Å². The van der Waals surface area contributed by atoms with Crippen molar-refractivity contribution in [3.8, 4) is 0 Å². The van der Waals surface area contributed by atoms with Crippen LogP contribution in [-0.4, -0.2) is 19.5 Å². The van der Waals surface area contributed by atoms with Gasteiger partial charge in [-0.1, -0.05) is 46.3 Å². The molecule has 1 fully saturated rings. The first-order valence-electron chi connectivity index (χ1n) is 4.51. The van der Waals surface area contributed by atoms with E-state index in [1.165, 1.54) is 0 Å².